The maximum absolute atomic E-state index is 12.7. The molecule has 1 aromatic rings. The fraction of sp³-hybridized carbons (Fsp3) is 0.682. The van der Waals surface area contributed by atoms with Gasteiger partial charge in [0.1, 0.15) is 0 Å². The van der Waals surface area contributed by atoms with Crippen LogP contribution in [0.15, 0.2) is 24.5 Å². The van der Waals surface area contributed by atoms with Crippen LogP contribution in [0.2, 0.25) is 0 Å². The van der Waals surface area contributed by atoms with E-state index >= 15 is 0 Å². The zero-order valence-corrected chi connectivity index (χ0v) is 17.1. The van der Waals surface area contributed by atoms with Crippen LogP contribution in [0.25, 0.3) is 0 Å². The number of pyridine rings is 1. The number of rotatable bonds is 5. The number of amides is 2. The topological polar surface area (TPSA) is 74.8 Å². The zero-order chi connectivity index (χ0) is 20.1. The molecule has 3 saturated heterocycles. The number of nitrogens with zero attached hydrogens (tertiary/aromatic N) is 3. The summed E-state index contributed by atoms with van der Waals surface area (Å²) in [4.78, 5) is 33.3. The van der Waals surface area contributed by atoms with E-state index in [1.807, 2.05) is 21.9 Å². The van der Waals surface area contributed by atoms with E-state index in [4.69, 9.17) is 4.74 Å². The molecule has 158 valence electrons. The Kier molecular flexibility index (Phi) is 6.45. The Morgan fingerprint density at radius 3 is 2.76 bits per heavy atom. The van der Waals surface area contributed by atoms with Crippen molar-refractivity contribution < 1.29 is 14.3 Å². The van der Waals surface area contributed by atoms with E-state index in [0.29, 0.717) is 19.4 Å². The quantitative estimate of drug-likeness (QED) is 0.805. The standard InChI is InChI=1S/C22H32N4O3/c27-20-1-5-22(17-26(20)11-4-18-2-8-23-9-3-18)6-12-25(13-7-22)21(28)15-19-16-29-14-10-24-19/h2-3,8-9,19,24H,1,4-7,10-17H2/t19-/m1/s1. The normalized spacial score (nSPS) is 24.7. The van der Waals surface area contributed by atoms with Gasteiger partial charge in [0.2, 0.25) is 11.8 Å². The van der Waals surface area contributed by atoms with Crippen LogP contribution in [-0.2, 0) is 20.7 Å². The first-order valence-electron chi connectivity index (χ1n) is 10.9. The molecule has 0 aliphatic carbocycles. The lowest BCUT2D eigenvalue weighted by Crippen LogP contribution is -2.53. The minimum atomic E-state index is 0.142. The van der Waals surface area contributed by atoms with Crippen LogP contribution in [0.3, 0.4) is 0 Å². The molecule has 4 heterocycles. The van der Waals surface area contributed by atoms with Crippen molar-refractivity contribution >= 4 is 11.8 Å². The molecule has 1 N–H and O–H groups in total. The Labute approximate surface area is 172 Å². The number of likely N-dealkylation sites (tertiary alicyclic amines) is 2. The fourth-order valence-corrected chi connectivity index (χ4v) is 4.85. The lowest BCUT2D eigenvalue weighted by Gasteiger charge is -2.47. The summed E-state index contributed by atoms with van der Waals surface area (Å²) in [5, 5.41) is 3.36. The van der Waals surface area contributed by atoms with Gasteiger partial charge >= 0.3 is 0 Å². The lowest BCUT2D eigenvalue weighted by atomic mass is 9.72. The molecule has 4 rings (SSSR count). The van der Waals surface area contributed by atoms with Crippen molar-refractivity contribution in [2.75, 3.05) is 45.9 Å². The molecule has 3 aliphatic heterocycles. The van der Waals surface area contributed by atoms with E-state index in [1.54, 1.807) is 12.4 Å². The van der Waals surface area contributed by atoms with Crippen molar-refractivity contribution in [3.8, 4) is 0 Å². The molecule has 3 fully saturated rings. The Hall–Kier alpha value is -1.99. The Balaban J connectivity index is 1.27. The molecule has 2 amide bonds. The molecule has 1 aromatic heterocycles. The van der Waals surface area contributed by atoms with Crippen molar-refractivity contribution in [3.05, 3.63) is 30.1 Å². The summed E-state index contributed by atoms with van der Waals surface area (Å²) in [5.74, 6) is 0.496. The number of morpholine rings is 1. The van der Waals surface area contributed by atoms with Crippen molar-refractivity contribution in [1.82, 2.24) is 20.1 Å². The number of hydrogen-bond acceptors (Lipinski definition) is 5. The van der Waals surface area contributed by atoms with Crippen molar-refractivity contribution in [1.29, 1.82) is 0 Å². The highest BCUT2D eigenvalue weighted by Crippen LogP contribution is 2.40. The first-order valence-corrected chi connectivity index (χ1v) is 10.9. The van der Waals surface area contributed by atoms with Gasteiger partial charge in [-0.25, -0.2) is 0 Å². The molecule has 0 radical (unpaired) electrons. The SMILES string of the molecule is O=C(C[C@@H]1COCCN1)N1CCC2(CCC(=O)N(CCc3ccncc3)C2)CC1. The van der Waals surface area contributed by atoms with Gasteiger partial charge in [0.05, 0.1) is 13.2 Å². The fourth-order valence-electron chi connectivity index (χ4n) is 4.85. The monoisotopic (exact) mass is 400 g/mol. The van der Waals surface area contributed by atoms with Crippen LogP contribution in [0.5, 0.6) is 0 Å². The van der Waals surface area contributed by atoms with E-state index in [0.717, 1.165) is 65.0 Å². The van der Waals surface area contributed by atoms with Gasteiger partial charge in [0, 0.05) is 64.0 Å². The van der Waals surface area contributed by atoms with Gasteiger partial charge in [-0.1, -0.05) is 0 Å². The van der Waals surface area contributed by atoms with Crippen LogP contribution < -0.4 is 5.32 Å². The van der Waals surface area contributed by atoms with Gasteiger partial charge in [-0.15, -0.1) is 0 Å². The zero-order valence-electron chi connectivity index (χ0n) is 17.1. The first-order chi connectivity index (χ1) is 14.1. The maximum atomic E-state index is 12.7. The third kappa shape index (κ3) is 5.14. The van der Waals surface area contributed by atoms with Crippen LogP contribution in [-0.4, -0.2) is 78.6 Å². The average molecular weight is 401 g/mol. The summed E-state index contributed by atoms with van der Waals surface area (Å²) in [6.45, 7) is 5.38. The predicted molar refractivity (Wildman–Crippen MR) is 109 cm³/mol. The summed E-state index contributed by atoms with van der Waals surface area (Å²) < 4.78 is 5.46. The van der Waals surface area contributed by atoms with E-state index in [9.17, 15) is 9.59 Å². The van der Waals surface area contributed by atoms with E-state index in [2.05, 4.69) is 10.3 Å². The number of carbonyl (C=O) groups is 2. The van der Waals surface area contributed by atoms with Gasteiger partial charge in [0.15, 0.2) is 0 Å². The molecule has 29 heavy (non-hydrogen) atoms. The number of aromatic nitrogens is 1. The molecular formula is C22H32N4O3. The van der Waals surface area contributed by atoms with Crippen LogP contribution in [0.1, 0.15) is 37.7 Å². The summed E-state index contributed by atoms with van der Waals surface area (Å²) in [6.07, 6.45) is 8.56. The third-order valence-corrected chi connectivity index (χ3v) is 6.76. The number of hydrogen-bond donors (Lipinski definition) is 1. The molecule has 7 heteroatoms. The smallest absolute Gasteiger partial charge is 0.224 e. The number of nitrogens with one attached hydrogen (secondary N) is 1. The maximum Gasteiger partial charge on any atom is 0.224 e. The number of piperidine rings is 2. The van der Waals surface area contributed by atoms with Crippen LogP contribution in [0.4, 0.5) is 0 Å². The lowest BCUT2D eigenvalue weighted by molar-refractivity contribution is -0.142. The second-order valence-electron chi connectivity index (χ2n) is 8.73. The molecule has 1 atom stereocenters. The van der Waals surface area contributed by atoms with Gasteiger partial charge in [-0.3, -0.25) is 14.6 Å². The van der Waals surface area contributed by atoms with Crippen molar-refractivity contribution in [3.63, 3.8) is 0 Å². The van der Waals surface area contributed by atoms with Crippen LogP contribution in [0, 0.1) is 5.41 Å². The van der Waals surface area contributed by atoms with Gasteiger partial charge < -0.3 is 19.9 Å². The minimum absolute atomic E-state index is 0.142. The summed E-state index contributed by atoms with van der Waals surface area (Å²) >= 11 is 0. The molecule has 0 aromatic carbocycles. The van der Waals surface area contributed by atoms with Crippen molar-refractivity contribution in [2.24, 2.45) is 5.41 Å². The highest BCUT2D eigenvalue weighted by Gasteiger charge is 2.41. The second kappa shape index (κ2) is 9.22. The summed E-state index contributed by atoms with van der Waals surface area (Å²) in [7, 11) is 0. The number of ether oxygens (including phenoxy) is 1. The van der Waals surface area contributed by atoms with E-state index in [-0.39, 0.29) is 23.3 Å². The van der Waals surface area contributed by atoms with E-state index in [1.165, 1.54) is 5.56 Å². The Bertz CT molecular complexity index is 697. The van der Waals surface area contributed by atoms with Gasteiger partial charge in [-0.2, -0.15) is 0 Å². The Morgan fingerprint density at radius 2 is 2.03 bits per heavy atom. The third-order valence-electron chi connectivity index (χ3n) is 6.76. The molecule has 3 aliphatic rings. The van der Waals surface area contributed by atoms with Gasteiger partial charge in [-0.05, 0) is 48.8 Å². The summed E-state index contributed by atoms with van der Waals surface area (Å²) in [6, 6.07) is 4.17. The van der Waals surface area contributed by atoms with Crippen molar-refractivity contribution in [2.45, 2.75) is 44.6 Å². The first kappa shape index (κ1) is 20.3. The summed E-state index contributed by atoms with van der Waals surface area (Å²) in [5.41, 5.74) is 1.39. The van der Waals surface area contributed by atoms with Crippen LogP contribution >= 0.6 is 0 Å². The van der Waals surface area contributed by atoms with Gasteiger partial charge in [0.25, 0.3) is 0 Å². The molecule has 7 nitrogen and oxygen atoms in total. The molecule has 0 bridgehead atoms. The predicted octanol–water partition coefficient (Wildman–Crippen LogP) is 1.23. The highest BCUT2D eigenvalue weighted by atomic mass is 16.5. The average Bonchev–Trinajstić information content (AvgIpc) is 2.76. The molecule has 0 unspecified atom stereocenters. The molecule has 1 spiro atoms. The molecular weight excluding hydrogens is 368 g/mol. The molecule has 0 saturated carbocycles. The number of carbonyl (C=O) groups excluding carboxylic acids is 2. The van der Waals surface area contributed by atoms with E-state index < -0.39 is 0 Å². The largest absolute Gasteiger partial charge is 0.378 e. The second-order valence-corrected chi connectivity index (χ2v) is 8.73. The Morgan fingerprint density at radius 1 is 1.24 bits per heavy atom. The highest BCUT2D eigenvalue weighted by molar-refractivity contribution is 5.78. The minimum Gasteiger partial charge on any atom is -0.378 e.